The lowest BCUT2D eigenvalue weighted by atomic mass is 9.89. The zero-order valence-corrected chi connectivity index (χ0v) is 12.8. The molecule has 3 heteroatoms. The first kappa shape index (κ1) is 14.2. The Morgan fingerprint density at radius 3 is 2.86 bits per heavy atom. The number of nitrogens with zero attached hydrogens (tertiary/aromatic N) is 1. The van der Waals surface area contributed by atoms with Gasteiger partial charge in [0.2, 0.25) is 0 Å². The molecule has 2 heterocycles. The molecule has 108 valence electrons. The average molecular weight is 300 g/mol. The number of fused-ring (bicyclic) bond motifs is 2. The zero-order valence-electron chi connectivity index (χ0n) is 12.0. The van der Waals surface area contributed by atoms with Crippen LogP contribution in [0.25, 0.3) is 11.3 Å². The number of rotatable bonds is 1. The van der Waals surface area contributed by atoms with Crippen molar-refractivity contribution >= 4 is 12.4 Å². The van der Waals surface area contributed by atoms with E-state index in [-0.39, 0.29) is 12.4 Å². The lowest BCUT2D eigenvalue weighted by Gasteiger charge is -2.34. The predicted octanol–water partition coefficient (Wildman–Crippen LogP) is 4.38. The smallest absolute Gasteiger partial charge is 0.133 e. The maximum atomic E-state index is 5.77. The van der Waals surface area contributed by atoms with Crippen molar-refractivity contribution in [1.29, 1.82) is 0 Å². The average Bonchev–Trinajstić information content (AvgIpc) is 2.94. The minimum Gasteiger partial charge on any atom is -0.464 e. The van der Waals surface area contributed by atoms with E-state index in [0.717, 1.165) is 18.7 Å². The third kappa shape index (κ3) is 2.35. The van der Waals surface area contributed by atoms with Gasteiger partial charge in [-0.05, 0) is 36.7 Å². The van der Waals surface area contributed by atoms with Gasteiger partial charge in [-0.3, -0.25) is 4.90 Å². The van der Waals surface area contributed by atoms with Crippen LogP contribution in [0.2, 0.25) is 0 Å². The van der Waals surface area contributed by atoms with E-state index < -0.39 is 0 Å². The maximum absolute atomic E-state index is 5.77. The van der Waals surface area contributed by atoms with Crippen molar-refractivity contribution in [3.8, 4) is 11.3 Å². The van der Waals surface area contributed by atoms with Gasteiger partial charge in [-0.2, -0.15) is 0 Å². The molecular formula is C18H18ClNO. The highest BCUT2D eigenvalue weighted by atomic mass is 35.5. The normalized spacial score (nSPS) is 18.2. The second-order valence-electron chi connectivity index (χ2n) is 5.56. The molecule has 0 saturated carbocycles. The molecule has 1 aliphatic carbocycles. The van der Waals surface area contributed by atoms with Gasteiger partial charge in [0.1, 0.15) is 5.76 Å². The number of halogens is 1. The van der Waals surface area contributed by atoms with E-state index >= 15 is 0 Å². The van der Waals surface area contributed by atoms with Crippen LogP contribution in [0.15, 0.2) is 59.2 Å². The van der Waals surface area contributed by atoms with Gasteiger partial charge in [0.15, 0.2) is 0 Å². The monoisotopic (exact) mass is 299 g/mol. The third-order valence-electron chi connectivity index (χ3n) is 4.29. The molecule has 0 amide bonds. The second kappa shape index (κ2) is 5.55. The topological polar surface area (TPSA) is 16.4 Å². The number of benzene rings is 1. The number of likely N-dealkylation sites (N-methyl/N-ethyl adjacent to an activating group) is 1. The van der Waals surface area contributed by atoms with Crippen LogP contribution in [0.3, 0.4) is 0 Å². The third-order valence-corrected chi connectivity index (χ3v) is 4.29. The molecule has 1 atom stereocenters. The van der Waals surface area contributed by atoms with Crippen molar-refractivity contribution in [1.82, 2.24) is 4.90 Å². The molecule has 1 aromatic carbocycles. The Morgan fingerprint density at radius 1 is 1.10 bits per heavy atom. The molecule has 2 aliphatic heterocycles. The largest absolute Gasteiger partial charge is 0.464 e. The van der Waals surface area contributed by atoms with Gasteiger partial charge < -0.3 is 4.42 Å². The highest BCUT2D eigenvalue weighted by Gasteiger charge is 2.26. The first-order chi connectivity index (χ1) is 9.83. The van der Waals surface area contributed by atoms with Crippen LogP contribution in [0.5, 0.6) is 0 Å². The lowest BCUT2D eigenvalue weighted by Crippen LogP contribution is -2.32. The first-order valence-corrected chi connectivity index (χ1v) is 7.08. The van der Waals surface area contributed by atoms with Crippen LogP contribution in [0.4, 0.5) is 0 Å². The fraction of sp³-hybridized carbons (Fsp3) is 0.222. The summed E-state index contributed by atoms with van der Waals surface area (Å²) in [6, 6.07) is 17.4. The number of hydrogen-bond donors (Lipinski definition) is 0. The quantitative estimate of drug-likeness (QED) is 0.663. The summed E-state index contributed by atoms with van der Waals surface area (Å²) in [4.78, 5) is 2.40. The molecule has 0 bridgehead atoms. The second-order valence-corrected chi connectivity index (χ2v) is 5.56. The molecular weight excluding hydrogens is 282 g/mol. The Balaban J connectivity index is 0.00000132. The molecule has 1 aromatic rings. The summed E-state index contributed by atoms with van der Waals surface area (Å²) in [6.45, 7) is 1.08. The first-order valence-electron chi connectivity index (χ1n) is 7.08. The fourth-order valence-electron chi connectivity index (χ4n) is 3.26. The predicted molar refractivity (Wildman–Crippen MR) is 87.2 cm³/mol. The van der Waals surface area contributed by atoms with Crippen LogP contribution < -0.4 is 0 Å². The molecule has 0 radical (unpaired) electrons. The van der Waals surface area contributed by atoms with Gasteiger partial charge in [0, 0.05) is 17.7 Å². The van der Waals surface area contributed by atoms with Gasteiger partial charge in [0.25, 0.3) is 0 Å². The minimum atomic E-state index is 0. The SMILES string of the molecule is CN1CCc2ccccc2C1c1coc2cccc-2c1.Cl. The van der Waals surface area contributed by atoms with E-state index in [1.54, 1.807) is 0 Å². The van der Waals surface area contributed by atoms with Crippen molar-refractivity contribution in [2.24, 2.45) is 0 Å². The summed E-state index contributed by atoms with van der Waals surface area (Å²) in [5.74, 6) is 0.959. The van der Waals surface area contributed by atoms with Crippen molar-refractivity contribution in [3.63, 3.8) is 0 Å². The fourth-order valence-corrected chi connectivity index (χ4v) is 3.26. The van der Waals surface area contributed by atoms with Gasteiger partial charge in [-0.15, -0.1) is 12.4 Å². The summed E-state index contributed by atoms with van der Waals surface area (Å²) < 4.78 is 5.77. The molecule has 1 unspecified atom stereocenters. The molecule has 0 N–H and O–H groups in total. The summed E-state index contributed by atoms with van der Waals surface area (Å²) in [6.07, 6.45) is 3.03. The lowest BCUT2D eigenvalue weighted by molar-refractivity contribution is 0.261. The summed E-state index contributed by atoms with van der Waals surface area (Å²) in [5.41, 5.74) is 5.28. The van der Waals surface area contributed by atoms with E-state index in [9.17, 15) is 0 Å². The van der Waals surface area contributed by atoms with Crippen molar-refractivity contribution in [2.45, 2.75) is 12.5 Å². The van der Waals surface area contributed by atoms with Crippen LogP contribution in [0, 0.1) is 0 Å². The van der Waals surface area contributed by atoms with E-state index in [1.165, 1.54) is 22.3 Å². The molecule has 2 nitrogen and oxygen atoms in total. The van der Waals surface area contributed by atoms with E-state index in [1.807, 2.05) is 18.4 Å². The van der Waals surface area contributed by atoms with Crippen molar-refractivity contribution in [3.05, 3.63) is 71.5 Å². The molecule has 0 fully saturated rings. The van der Waals surface area contributed by atoms with Crippen LogP contribution in [-0.4, -0.2) is 18.5 Å². The standard InChI is InChI=1S/C18H17NO.ClH/c1-19-10-9-13-5-2-3-7-16(13)18(19)15-11-14-6-4-8-17(14)20-12-15;/h2-8,11-12,18H,9-10H2,1H3;1H. The van der Waals surface area contributed by atoms with Crippen LogP contribution in [-0.2, 0) is 6.42 Å². The van der Waals surface area contributed by atoms with E-state index in [0.29, 0.717) is 6.04 Å². The van der Waals surface area contributed by atoms with Gasteiger partial charge in [-0.1, -0.05) is 36.4 Å². The summed E-state index contributed by atoms with van der Waals surface area (Å²) in [7, 11) is 2.19. The molecule has 21 heavy (non-hydrogen) atoms. The van der Waals surface area contributed by atoms with Gasteiger partial charge >= 0.3 is 0 Å². The number of hydrogen-bond acceptors (Lipinski definition) is 2. The highest BCUT2D eigenvalue weighted by molar-refractivity contribution is 5.85. The molecule has 0 saturated heterocycles. The van der Waals surface area contributed by atoms with E-state index in [4.69, 9.17) is 4.42 Å². The molecule has 0 aromatic heterocycles. The van der Waals surface area contributed by atoms with Crippen LogP contribution in [0.1, 0.15) is 22.7 Å². The Kier molecular flexibility index (Phi) is 3.75. The summed E-state index contributed by atoms with van der Waals surface area (Å²) >= 11 is 0. The Labute approximate surface area is 131 Å². The Bertz CT molecular complexity index is 721. The molecule has 3 aliphatic rings. The summed E-state index contributed by atoms with van der Waals surface area (Å²) in [5, 5.41) is 0. The Hall–Kier alpha value is -1.77. The van der Waals surface area contributed by atoms with Crippen LogP contribution >= 0.6 is 12.4 Å². The highest BCUT2D eigenvalue weighted by Crippen LogP contribution is 2.36. The van der Waals surface area contributed by atoms with E-state index in [2.05, 4.69) is 48.3 Å². The zero-order chi connectivity index (χ0) is 13.5. The maximum Gasteiger partial charge on any atom is 0.133 e. The van der Waals surface area contributed by atoms with Gasteiger partial charge in [-0.25, -0.2) is 0 Å². The Morgan fingerprint density at radius 2 is 1.95 bits per heavy atom. The van der Waals surface area contributed by atoms with Crippen molar-refractivity contribution < 1.29 is 4.42 Å². The minimum absolute atomic E-state index is 0. The molecule has 4 rings (SSSR count). The van der Waals surface area contributed by atoms with Crippen molar-refractivity contribution in [2.75, 3.05) is 13.6 Å². The molecule has 0 spiro atoms. The van der Waals surface area contributed by atoms with Gasteiger partial charge in [0.05, 0.1) is 12.3 Å².